The topological polar surface area (TPSA) is 89.5 Å². The number of unbranched alkanes of at least 4 members (excludes halogenated alkanes) is 24. The van der Waals surface area contributed by atoms with E-state index in [2.05, 4.69) is 20.8 Å². The van der Waals surface area contributed by atoms with E-state index in [9.17, 15) is 9.59 Å². The number of carbonyl (C=O) groups excluding carboxylic acids is 2. The molecule has 3 aromatic carbocycles. The van der Waals surface area contributed by atoms with Crippen LogP contribution in [-0.4, -0.2) is 56.2 Å². The molecule has 70 heavy (non-hydrogen) atoms. The molecule has 0 aromatic heterocycles. The SMILES string of the molecule is CCCCCCCCCCCCCCOc1ccc(CCC(=O)O[C@H]2CC[C@@H](C(CCCCC)Oc3ccccc3)O[C@@H]2COC(=O)c2ccc(OCCCCCCCCCCCCCC)cc2)cc1. The fourth-order valence-corrected chi connectivity index (χ4v) is 9.46. The number of hydrogen-bond acceptors (Lipinski definition) is 8. The highest BCUT2D eigenvalue weighted by atomic mass is 16.6. The molecule has 1 saturated heterocycles. The zero-order valence-electron chi connectivity index (χ0n) is 44.3. The third-order valence-corrected chi connectivity index (χ3v) is 13.9. The molecule has 0 spiro atoms. The van der Waals surface area contributed by atoms with Gasteiger partial charge in [0.1, 0.15) is 42.2 Å². The van der Waals surface area contributed by atoms with E-state index >= 15 is 0 Å². The van der Waals surface area contributed by atoms with E-state index < -0.39 is 18.2 Å². The smallest absolute Gasteiger partial charge is 0.338 e. The quantitative estimate of drug-likeness (QED) is 0.0410. The molecule has 0 saturated carbocycles. The van der Waals surface area contributed by atoms with Crippen LogP contribution in [0.5, 0.6) is 17.2 Å². The minimum atomic E-state index is -0.639. The molecule has 8 heteroatoms. The number of benzene rings is 3. The summed E-state index contributed by atoms with van der Waals surface area (Å²) in [6.07, 6.45) is 36.0. The van der Waals surface area contributed by atoms with Crippen LogP contribution in [0.3, 0.4) is 0 Å². The average Bonchev–Trinajstić information content (AvgIpc) is 3.38. The number of carbonyl (C=O) groups is 2. The highest BCUT2D eigenvalue weighted by Gasteiger charge is 2.39. The Morgan fingerprint density at radius 2 is 1.00 bits per heavy atom. The molecule has 1 aliphatic heterocycles. The maximum Gasteiger partial charge on any atom is 0.338 e. The van der Waals surface area contributed by atoms with Crippen LogP contribution < -0.4 is 14.2 Å². The number of ether oxygens (including phenoxy) is 6. The Morgan fingerprint density at radius 3 is 1.51 bits per heavy atom. The first kappa shape index (κ1) is 58.5. The van der Waals surface area contributed by atoms with Crippen molar-refractivity contribution in [3.05, 3.63) is 90.0 Å². The third kappa shape index (κ3) is 26.4. The summed E-state index contributed by atoms with van der Waals surface area (Å²) in [5.74, 6) is 1.65. The first-order chi connectivity index (χ1) is 34.5. The lowest BCUT2D eigenvalue weighted by Crippen LogP contribution is -2.49. The van der Waals surface area contributed by atoms with Crippen molar-refractivity contribution in [1.29, 1.82) is 0 Å². The van der Waals surface area contributed by atoms with Crippen LogP contribution in [0.2, 0.25) is 0 Å². The molecule has 3 aromatic rings. The third-order valence-electron chi connectivity index (χ3n) is 13.9. The van der Waals surface area contributed by atoms with Gasteiger partial charge in [-0.1, -0.05) is 205 Å². The zero-order chi connectivity index (χ0) is 49.5. The predicted octanol–water partition coefficient (Wildman–Crippen LogP) is 17.1. The lowest BCUT2D eigenvalue weighted by molar-refractivity contribution is -0.187. The van der Waals surface area contributed by atoms with E-state index in [4.69, 9.17) is 28.4 Å². The molecule has 1 fully saturated rings. The van der Waals surface area contributed by atoms with Gasteiger partial charge >= 0.3 is 11.9 Å². The molecular weight excluding hydrogens is 873 g/mol. The van der Waals surface area contributed by atoms with Crippen molar-refractivity contribution < 1.29 is 38.0 Å². The molecule has 1 aliphatic rings. The van der Waals surface area contributed by atoms with Gasteiger partial charge in [0.05, 0.1) is 24.9 Å². The van der Waals surface area contributed by atoms with Crippen LogP contribution in [0.15, 0.2) is 78.9 Å². The second kappa shape index (κ2) is 38.6. The minimum absolute atomic E-state index is 0.0434. The van der Waals surface area contributed by atoms with Crippen molar-refractivity contribution in [2.24, 2.45) is 0 Å². The van der Waals surface area contributed by atoms with Crippen molar-refractivity contribution in [3.63, 3.8) is 0 Å². The van der Waals surface area contributed by atoms with E-state index in [1.165, 1.54) is 141 Å². The molecule has 1 heterocycles. The Morgan fingerprint density at radius 1 is 0.529 bits per heavy atom. The van der Waals surface area contributed by atoms with Crippen LogP contribution >= 0.6 is 0 Å². The summed E-state index contributed by atoms with van der Waals surface area (Å²) in [4.78, 5) is 26.9. The number of esters is 2. The van der Waals surface area contributed by atoms with Crippen LogP contribution in [0, 0.1) is 0 Å². The largest absolute Gasteiger partial charge is 0.494 e. The minimum Gasteiger partial charge on any atom is -0.494 e. The molecule has 0 N–H and O–H groups in total. The van der Waals surface area contributed by atoms with Gasteiger partial charge in [-0.15, -0.1) is 0 Å². The van der Waals surface area contributed by atoms with Gasteiger partial charge in [0, 0.05) is 6.42 Å². The summed E-state index contributed by atoms with van der Waals surface area (Å²) in [5.41, 5.74) is 1.48. The van der Waals surface area contributed by atoms with Gasteiger partial charge < -0.3 is 28.4 Å². The van der Waals surface area contributed by atoms with E-state index in [0.29, 0.717) is 31.4 Å². The molecule has 0 amide bonds. The van der Waals surface area contributed by atoms with Crippen molar-refractivity contribution in [1.82, 2.24) is 0 Å². The Balaban J connectivity index is 1.21. The van der Waals surface area contributed by atoms with Crippen molar-refractivity contribution >= 4 is 11.9 Å². The lowest BCUT2D eigenvalue weighted by atomic mass is 9.95. The van der Waals surface area contributed by atoms with E-state index in [0.717, 1.165) is 67.9 Å². The van der Waals surface area contributed by atoms with Gasteiger partial charge in [0.25, 0.3) is 0 Å². The highest BCUT2D eigenvalue weighted by Crippen LogP contribution is 2.30. The molecule has 0 aliphatic carbocycles. The van der Waals surface area contributed by atoms with E-state index in [1.807, 2.05) is 66.7 Å². The maximum atomic E-state index is 13.4. The Hall–Kier alpha value is -4.04. The van der Waals surface area contributed by atoms with Crippen LogP contribution in [0.25, 0.3) is 0 Å². The number of para-hydroxylation sites is 1. The maximum absolute atomic E-state index is 13.4. The van der Waals surface area contributed by atoms with Crippen LogP contribution in [0.1, 0.15) is 236 Å². The second-order valence-electron chi connectivity index (χ2n) is 20.0. The number of hydrogen-bond donors (Lipinski definition) is 0. The summed E-state index contributed by atoms with van der Waals surface area (Å²) in [7, 11) is 0. The Labute approximate surface area is 426 Å². The summed E-state index contributed by atoms with van der Waals surface area (Å²) in [5, 5.41) is 0. The van der Waals surface area contributed by atoms with Gasteiger partial charge in [-0.25, -0.2) is 4.79 Å². The summed E-state index contributed by atoms with van der Waals surface area (Å²) in [6, 6.07) is 25.1. The first-order valence-electron chi connectivity index (χ1n) is 28.7. The standard InChI is InChI=1S/C62H96O8/c1-4-7-10-12-14-16-18-20-22-24-26-32-49-65-54-42-37-52(38-43-54)39-48-61(63)70-59-47-46-58(57(36-29-9-6-3)68-56-34-30-28-31-35-56)69-60(59)51-67-62(64)53-40-44-55(45-41-53)66-50-33-27-25-23-21-19-17-15-13-11-8-5-2/h28,30-31,34-35,37-38,40-45,57-60H,4-27,29,32-33,36,39,46-51H2,1-3H3/t57?,58-,59-,60+/m0/s1. The molecule has 0 bridgehead atoms. The molecular formula is C62H96O8. The van der Waals surface area contributed by atoms with Gasteiger partial charge in [-0.3, -0.25) is 4.79 Å². The Kier molecular flexibility index (Phi) is 32.3. The fourth-order valence-electron chi connectivity index (χ4n) is 9.46. The monoisotopic (exact) mass is 969 g/mol. The molecule has 4 rings (SSSR count). The van der Waals surface area contributed by atoms with Gasteiger partial charge in [-0.05, 0) is 99.0 Å². The number of rotatable bonds is 42. The summed E-state index contributed by atoms with van der Waals surface area (Å²) < 4.78 is 37.4. The average molecular weight is 969 g/mol. The van der Waals surface area contributed by atoms with Crippen molar-refractivity contribution in [2.45, 2.75) is 251 Å². The summed E-state index contributed by atoms with van der Waals surface area (Å²) >= 11 is 0. The lowest BCUT2D eigenvalue weighted by Gasteiger charge is -2.39. The van der Waals surface area contributed by atoms with Crippen molar-refractivity contribution in [2.75, 3.05) is 19.8 Å². The molecule has 392 valence electrons. The Bertz CT molecular complexity index is 1710. The van der Waals surface area contributed by atoms with Gasteiger partial charge in [0.15, 0.2) is 0 Å². The molecule has 4 atom stereocenters. The normalized spacial score (nSPS) is 16.1. The summed E-state index contributed by atoms with van der Waals surface area (Å²) in [6.45, 7) is 8.08. The first-order valence-corrected chi connectivity index (χ1v) is 28.7. The number of aryl methyl sites for hydroxylation is 1. The van der Waals surface area contributed by atoms with E-state index in [-0.39, 0.29) is 31.2 Å². The predicted molar refractivity (Wildman–Crippen MR) is 287 cm³/mol. The zero-order valence-corrected chi connectivity index (χ0v) is 44.3. The van der Waals surface area contributed by atoms with Crippen molar-refractivity contribution in [3.8, 4) is 17.2 Å². The second-order valence-corrected chi connectivity index (χ2v) is 20.0. The van der Waals surface area contributed by atoms with E-state index in [1.54, 1.807) is 12.1 Å². The van der Waals surface area contributed by atoms with Gasteiger partial charge in [-0.2, -0.15) is 0 Å². The van der Waals surface area contributed by atoms with Crippen LogP contribution in [-0.2, 0) is 25.4 Å². The molecule has 8 nitrogen and oxygen atoms in total. The molecule has 1 unspecified atom stereocenters. The van der Waals surface area contributed by atoms with Gasteiger partial charge in [0.2, 0.25) is 0 Å². The van der Waals surface area contributed by atoms with Crippen LogP contribution in [0.4, 0.5) is 0 Å². The highest BCUT2D eigenvalue weighted by molar-refractivity contribution is 5.89. The fraction of sp³-hybridized carbons (Fsp3) is 0.677. The molecule has 0 radical (unpaired) electrons.